The van der Waals surface area contributed by atoms with Crippen LogP contribution in [-0.2, 0) is 6.54 Å². The van der Waals surface area contributed by atoms with Crippen molar-refractivity contribution in [1.82, 2.24) is 9.78 Å². The van der Waals surface area contributed by atoms with Crippen LogP contribution in [0.15, 0.2) is 24.4 Å². The Morgan fingerprint density at radius 3 is 2.82 bits per heavy atom. The van der Waals surface area contributed by atoms with Gasteiger partial charge in [0.05, 0.1) is 13.7 Å². The quantitative estimate of drug-likeness (QED) is 0.916. The maximum atomic E-state index is 13.6. The number of hydrogen-bond acceptors (Lipinski definition) is 3. The van der Waals surface area contributed by atoms with Gasteiger partial charge in [-0.15, -0.1) is 0 Å². The fourth-order valence-corrected chi connectivity index (χ4v) is 1.60. The van der Waals surface area contributed by atoms with Gasteiger partial charge in [-0.05, 0) is 6.07 Å². The van der Waals surface area contributed by atoms with E-state index >= 15 is 0 Å². The Bertz CT molecular complexity index is 522. The molecule has 1 aromatic carbocycles. The van der Waals surface area contributed by atoms with Crippen molar-refractivity contribution in [2.75, 3.05) is 12.8 Å². The summed E-state index contributed by atoms with van der Waals surface area (Å²) in [4.78, 5) is 0. The van der Waals surface area contributed by atoms with Gasteiger partial charge in [-0.1, -0.05) is 17.7 Å². The van der Waals surface area contributed by atoms with Crippen LogP contribution in [0.4, 0.5) is 10.2 Å². The third-order valence-corrected chi connectivity index (χ3v) is 2.63. The topological polar surface area (TPSA) is 53.1 Å². The number of hydrogen-bond donors (Lipinski definition) is 1. The molecule has 2 N–H and O–H groups in total. The second-order valence-electron chi connectivity index (χ2n) is 3.52. The number of aromatic nitrogens is 2. The predicted octanol–water partition coefficient (Wildman–Crippen LogP) is 2.31. The van der Waals surface area contributed by atoms with E-state index in [0.29, 0.717) is 16.3 Å². The fraction of sp³-hybridized carbons (Fsp3) is 0.182. The molecule has 0 spiro atoms. The summed E-state index contributed by atoms with van der Waals surface area (Å²) < 4.78 is 20.1. The molecule has 90 valence electrons. The molecule has 0 unspecified atom stereocenters. The van der Waals surface area contributed by atoms with Crippen LogP contribution >= 0.6 is 11.6 Å². The molecule has 0 atom stereocenters. The van der Waals surface area contributed by atoms with Crippen molar-refractivity contribution in [1.29, 1.82) is 0 Å². The summed E-state index contributed by atoms with van der Waals surface area (Å²) in [5.74, 6) is 0.361. The largest absolute Gasteiger partial charge is 0.497 e. The minimum absolute atomic E-state index is 0.237. The van der Waals surface area contributed by atoms with E-state index in [-0.39, 0.29) is 18.2 Å². The first-order valence-electron chi connectivity index (χ1n) is 4.91. The molecule has 0 aliphatic heterocycles. The van der Waals surface area contributed by atoms with Crippen molar-refractivity contribution in [2.45, 2.75) is 6.54 Å². The molecule has 0 fully saturated rings. The zero-order valence-corrected chi connectivity index (χ0v) is 9.91. The summed E-state index contributed by atoms with van der Waals surface area (Å²) in [6.07, 6.45) is 1.56. The Labute approximate surface area is 103 Å². The normalized spacial score (nSPS) is 10.5. The minimum atomic E-state index is -0.352. The fourth-order valence-electron chi connectivity index (χ4n) is 1.45. The predicted molar refractivity (Wildman–Crippen MR) is 63.7 cm³/mol. The third-order valence-electron chi connectivity index (χ3n) is 2.34. The number of rotatable bonds is 3. The number of halogens is 2. The van der Waals surface area contributed by atoms with Gasteiger partial charge in [0, 0.05) is 17.8 Å². The molecule has 1 heterocycles. The first-order chi connectivity index (χ1) is 8.10. The van der Waals surface area contributed by atoms with Gasteiger partial charge in [-0.25, -0.2) is 4.39 Å². The van der Waals surface area contributed by atoms with E-state index in [1.165, 1.54) is 17.9 Å². The molecule has 0 radical (unpaired) electrons. The van der Waals surface area contributed by atoms with Crippen LogP contribution in [-0.4, -0.2) is 16.9 Å². The van der Waals surface area contributed by atoms with Gasteiger partial charge >= 0.3 is 0 Å². The first kappa shape index (κ1) is 11.7. The van der Waals surface area contributed by atoms with E-state index in [2.05, 4.69) is 5.10 Å². The van der Waals surface area contributed by atoms with Crippen LogP contribution in [0, 0.1) is 5.82 Å². The number of anilines is 1. The van der Waals surface area contributed by atoms with E-state index in [4.69, 9.17) is 22.1 Å². The Hall–Kier alpha value is -1.75. The lowest BCUT2D eigenvalue weighted by molar-refractivity contribution is 0.410. The molecular weight excluding hydrogens is 245 g/mol. The number of methoxy groups -OCH3 is 1. The van der Waals surface area contributed by atoms with Gasteiger partial charge in [0.25, 0.3) is 0 Å². The van der Waals surface area contributed by atoms with Crippen LogP contribution in [0.5, 0.6) is 5.75 Å². The van der Waals surface area contributed by atoms with E-state index < -0.39 is 0 Å². The Morgan fingerprint density at radius 2 is 2.29 bits per heavy atom. The molecular formula is C11H11ClFN3O. The van der Waals surface area contributed by atoms with Crippen molar-refractivity contribution in [3.63, 3.8) is 0 Å². The smallest absolute Gasteiger partial charge is 0.164 e. The Morgan fingerprint density at radius 1 is 1.53 bits per heavy atom. The highest BCUT2D eigenvalue weighted by atomic mass is 35.5. The van der Waals surface area contributed by atoms with Gasteiger partial charge in [-0.3, -0.25) is 4.68 Å². The average Bonchev–Trinajstić information content (AvgIpc) is 2.61. The van der Waals surface area contributed by atoms with Crippen LogP contribution in [0.25, 0.3) is 0 Å². The third kappa shape index (κ3) is 2.50. The van der Waals surface area contributed by atoms with Crippen molar-refractivity contribution >= 4 is 17.4 Å². The summed E-state index contributed by atoms with van der Waals surface area (Å²) >= 11 is 5.76. The standard InChI is InChI=1S/C11H11ClFN3O/c1-17-8-3-2-7(10(13)4-8)5-16-6-9(12)11(14)15-16/h2-4,6H,5H2,1H3,(H2,14,15). The monoisotopic (exact) mass is 255 g/mol. The molecule has 0 aliphatic carbocycles. The molecule has 17 heavy (non-hydrogen) atoms. The number of ether oxygens (including phenoxy) is 1. The van der Waals surface area contributed by atoms with Crippen LogP contribution in [0.1, 0.15) is 5.56 Å². The maximum absolute atomic E-state index is 13.6. The molecule has 0 aliphatic rings. The SMILES string of the molecule is COc1ccc(Cn2cc(Cl)c(N)n2)c(F)c1. The summed E-state index contributed by atoms with van der Waals surface area (Å²) in [6, 6.07) is 4.65. The molecule has 6 heteroatoms. The lowest BCUT2D eigenvalue weighted by Gasteiger charge is -2.05. The number of nitrogen functional groups attached to an aromatic ring is 1. The second-order valence-corrected chi connectivity index (χ2v) is 3.92. The van der Waals surface area contributed by atoms with Gasteiger partial charge in [0.15, 0.2) is 5.82 Å². The highest BCUT2D eigenvalue weighted by Crippen LogP contribution is 2.19. The maximum Gasteiger partial charge on any atom is 0.164 e. The molecule has 2 rings (SSSR count). The van der Waals surface area contributed by atoms with Crippen molar-refractivity contribution in [2.24, 2.45) is 0 Å². The first-order valence-corrected chi connectivity index (χ1v) is 5.29. The zero-order chi connectivity index (χ0) is 12.4. The summed E-state index contributed by atoms with van der Waals surface area (Å²) in [7, 11) is 1.49. The number of nitrogens with zero attached hydrogens (tertiary/aromatic N) is 2. The van der Waals surface area contributed by atoms with Crippen LogP contribution in [0.3, 0.4) is 0 Å². The molecule has 0 bridgehead atoms. The number of benzene rings is 1. The Balaban J connectivity index is 2.24. The van der Waals surface area contributed by atoms with Gasteiger partial charge in [0.1, 0.15) is 16.6 Å². The summed E-state index contributed by atoms with van der Waals surface area (Å²) in [5.41, 5.74) is 5.99. The highest BCUT2D eigenvalue weighted by Gasteiger charge is 2.07. The van der Waals surface area contributed by atoms with Crippen molar-refractivity contribution in [3.8, 4) is 5.75 Å². The minimum Gasteiger partial charge on any atom is -0.497 e. The highest BCUT2D eigenvalue weighted by molar-refractivity contribution is 6.32. The van der Waals surface area contributed by atoms with E-state index in [1.54, 1.807) is 18.3 Å². The lowest BCUT2D eigenvalue weighted by Crippen LogP contribution is -2.03. The average molecular weight is 256 g/mol. The second kappa shape index (κ2) is 4.63. The van der Waals surface area contributed by atoms with E-state index in [0.717, 1.165) is 0 Å². The van der Waals surface area contributed by atoms with Crippen molar-refractivity contribution in [3.05, 3.63) is 40.8 Å². The summed E-state index contributed by atoms with van der Waals surface area (Å²) in [5, 5.41) is 4.31. The lowest BCUT2D eigenvalue weighted by atomic mass is 10.2. The molecule has 0 saturated heterocycles. The summed E-state index contributed by atoms with van der Waals surface area (Å²) in [6.45, 7) is 0.271. The van der Waals surface area contributed by atoms with Crippen molar-refractivity contribution < 1.29 is 9.13 Å². The molecule has 4 nitrogen and oxygen atoms in total. The van der Waals surface area contributed by atoms with Crippen LogP contribution < -0.4 is 10.5 Å². The number of nitrogens with two attached hydrogens (primary N) is 1. The van der Waals surface area contributed by atoms with Crippen LogP contribution in [0.2, 0.25) is 5.02 Å². The Kier molecular flexibility index (Phi) is 3.19. The molecule has 0 saturated carbocycles. The van der Waals surface area contributed by atoms with Gasteiger partial charge in [-0.2, -0.15) is 5.10 Å². The van der Waals surface area contributed by atoms with E-state index in [1.807, 2.05) is 0 Å². The van der Waals surface area contributed by atoms with Gasteiger partial charge in [0.2, 0.25) is 0 Å². The zero-order valence-electron chi connectivity index (χ0n) is 9.15. The van der Waals surface area contributed by atoms with Gasteiger partial charge < -0.3 is 10.5 Å². The molecule has 0 amide bonds. The molecule has 2 aromatic rings. The van der Waals surface area contributed by atoms with E-state index in [9.17, 15) is 4.39 Å². The molecule has 1 aromatic heterocycles.